The Balaban J connectivity index is 1.65. The van der Waals surface area contributed by atoms with Crippen molar-refractivity contribution in [3.8, 4) is 5.75 Å². The molecule has 0 aliphatic rings. The SMILES string of the molecule is Cc1nn(CC(=O)N/N=C/c2ccccc2OC(=O)c2ccc([N+](=O)[O-])cc2)c(C)c1[N+](=O)[O-]. The molecule has 1 N–H and O–H groups in total. The van der Waals surface area contributed by atoms with Crippen LogP contribution in [-0.2, 0) is 11.3 Å². The summed E-state index contributed by atoms with van der Waals surface area (Å²) in [5.74, 6) is -1.15. The quantitative estimate of drug-likeness (QED) is 0.173. The zero-order chi connectivity index (χ0) is 24.8. The molecule has 0 aliphatic carbocycles. The van der Waals surface area contributed by atoms with Crippen LogP contribution in [-0.4, -0.2) is 37.7 Å². The monoisotopic (exact) mass is 466 g/mol. The van der Waals surface area contributed by atoms with Crippen molar-refractivity contribution >= 4 is 29.5 Å². The minimum atomic E-state index is -0.731. The fraction of sp³-hybridized carbons (Fsp3) is 0.143. The Bertz CT molecular complexity index is 1300. The molecule has 174 valence electrons. The number of para-hydroxylation sites is 1. The van der Waals surface area contributed by atoms with Crippen molar-refractivity contribution in [2.75, 3.05) is 0 Å². The highest BCUT2D eigenvalue weighted by Crippen LogP contribution is 2.22. The summed E-state index contributed by atoms with van der Waals surface area (Å²) in [6, 6.07) is 11.3. The van der Waals surface area contributed by atoms with E-state index in [4.69, 9.17) is 4.74 Å². The molecule has 13 nitrogen and oxygen atoms in total. The van der Waals surface area contributed by atoms with E-state index in [1.54, 1.807) is 18.2 Å². The van der Waals surface area contributed by atoms with Gasteiger partial charge in [0.1, 0.15) is 23.7 Å². The fourth-order valence-electron chi connectivity index (χ4n) is 3.01. The van der Waals surface area contributed by atoms with Crippen LogP contribution in [0.5, 0.6) is 5.75 Å². The summed E-state index contributed by atoms with van der Waals surface area (Å²) in [5, 5.41) is 29.7. The second-order valence-corrected chi connectivity index (χ2v) is 6.96. The van der Waals surface area contributed by atoms with Crippen molar-refractivity contribution in [3.63, 3.8) is 0 Å². The van der Waals surface area contributed by atoms with Crippen LogP contribution < -0.4 is 10.2 Å². The Morgan fingerprint density at radius 1 is 1.09 bits per heavy atom. The molecule has 0 saturated carbocycles. The highest BCUT2D eigenvalue weighted by atomic mass is 16.6. The molecule has 13 heteroatoms. The maximum atomic E-state index is 12.4. The number of hydrazone groups is 1. The zero-order valence-electron chi connectivity index (χ0n) is 18.0. The van der Waals surface area contributed by atoms with Crippen LogP contribution in [0.4, 0.5) is 11.4 Å². The van der Waals surface area contributed by atoms with Crippen molar-refractivity contribution in [1.29, 1.82) is 0 Å². The number of hydrogen-bond acceptors (Lipinski definition) is 9. The second-order valence-electron chi connectivity index (χ2n) is 6.96. The smallest absolute Gasteiger partial charge is 0.343 e. The molecule has 34 heavy (non-hydrogen) atoms. The molecule has 3 aromatic rings. The van der Waals surface area contributed by atoms with E-state index in [1.165, 1.54) is 55.1 Å². The fourth-order valence-corrected chi connectivity index (χ4v) is 3.01. The van der Waals surface area contributed by atoms with Gasteiger partial charge in [0.25, 0.3) is 11.6 Å². The van der Waals surface area contributed by atoms with Gasteiger partial charge in [-0.1, -0.05) is 12.1 Å². The number of carbonyl (C=O) groups excluding carboxylic acids is 2. The third kappa shape index (κ3) is 5.45. The van der Waals surface area contributed by atoms with Gasteiger partial charge in [-0.15, -0.1) is 0 Å². The molecular weight excluding hydrogens is 448 g/mol. The summed E-state index contributed by atoms with van der Waals surface area (Å²) in [6.07, 6.45) is 1.26. The molecule has 0 bridgehead atoms. The number of carbonyl (C=O) groups is 2. The zero-order valence-corrected chi connectivity index (χ0v) is 18.0. The highest BCUT2D eigenvalue weighted by Gasteiger charge is 2.22. The first kappa shape index (κ1) is 23.7. The van der Waals surface area contributed by atoms with Crippen LogP contribution in [0.25, 0.3) is 0 Å². The number of esters is 1. The predicted octanol–water partition coefficient (Wildman–Crippen LogP) is 2.69. The van der Waals surface area contributed by atoms with Gasteiger partial charge in [-0.3, -0.25) is 29.7 Å². The predicted molar refractivity (Wildman–Crippen MR) is 119 cm³/mol. The van der Waals surface area contributed by atoms with E-state index in [2.05, 4.69) is 15.6 Å². The number of nitrogens with one attached hydrogen (secondary N) is 1. The molecule has 0 aliphatic heterocycles. The summed E-state index contributed by atoms with van der Waals surface area (Å²) in [6.45, 7) is 2.69. The van der Waals surface area contributed by atoms with Gasteiger partial charge in [0.05, 0.1) is 21.6 Å². The van der Waals surface area contributed by atoms with Crippen LogP contribution >= 0.6 is 0 Å². The number of non-ortho nitro benzene ring substituents is 1. The summed E-state index contributed by atoms with van der Waals surface area (Å²) in [5.41, 5.74) is 2.91. The molecule has 0 fully saturated rings. The lowest BCUT2D eigenvalue weighted by molar-refractivity contribution is -0.386. The lowest BCUT2D eigenvalue weighted by atomic mass is 10.2. The van der Waals surface area contributed by atoms with E-state index < -0.39 is 21.7 Å². The van der Waals surface area contributed by atoms with Gasteiger partial charge in [-0.2, -0.15) is 10.2 Å². The highest BCUT2D eigenvalue weighted by molar-refractivity contribution is 5.93. The number of aryl methyl sites for hydroxylation is 1. The number of nitro benzene ring substituents is 1. The van der Waals surface area contributed by atoms with Gasteiger partial charge in [-0.05, 0) is 38.1 Å². The Morgan fingerprint density at radius 3 is 2.38 bits per heavy atom. The lowest BCUT2D eigenvalue weighted by Crippen LogP contribution is -2.24. The number of nitro groups is 2. The number of ether oxygens (including phenoxy) is 1. The summed E-state index contributed by atoms with van der Waals surface area (Å²) in [7, 11) is 0. The average Bonchev–Trinajstić information content (AvgIpc) is 3.07. The van der Waals surface area contributed by atoms with Crippen LogP contribution in [0.3, 0.4) is 0 Å². The van der Waals surface area contributed by atoms with Crippen LogP contribution in [0, 0.1) is 34.1 Å². The summed E-state index contributed by atoms with van der Waals surface area (Å²) >= 11 is 0. The van der Waals surface area contributed by atoms with E-state index in [9.17, 15) is 29.8 Å². The van der Waals surface area contributed by atoms with Crippen molar-refractivity contribution in [2.24, 2.45) is 5.10 Å². The first-order valence-corrected chi connectivity index (χ1v) is 9.73. The molecule has 0 radical (unpaired) electrons. The largest absolute Gasteiger partial charge is 0.422 e. The molecule has 1 amide bonds. The first-order valence-electron chi connectivity index (χ1n) is 9.73. The van der Waals surface area contributed by atoms with Crippen LogP contribution in [0.2, 0.25) is 0 Å². The van der Waals surface area contributed by atoms with E-state index in [1.807, 2.05) is 0 Å². The third-order valence-electron chi connectivity index (χ3n) is 4.65. The van der Waals surface area contributed by atoms with Gasteiger partial charge in [0.15, 0.2) is 0 Å². The van der Waals surface area contributed by atoms with Crippen molar-refractivity contribution in [3.05, 3.63) is 91.3 Å². The average molecular weight is 466 g/mol. The normalized spacial score (nSPS) is 10.8. The Kier molecular flexibility index (Phi) is 7.06. The molecule has 3 rings (SSSR count). The number of rotatable bonds is 8. The van der Waals surface area contributed by atoms with Gasteiger partial charge in [0, 0.05) is 17.7 Å². The third-order valence-corrected chi connectivity index (χ3v) is 4.65. The molecular formula is C21H18N6O7. The van der Waals surface area contributed by atoms with Crippen molar-refractivity contribution in [1.82, 2.24) is 15.2 Å². The van der Waals surface area contributed by atoms with Crippen molar-refractivity contribution < 1.29 is 24.2 Å². The molecule has 0 saturated heterocycles. The maximum Gasteiger partial charge on any atom is 0.343 e. The number of aromatic nitrogens is 2. The molecule has 2 aromatic carbocycles. The molecule has 0 atom stereocenters. The molecule has 0 spiro atoms. The molecule has 0 unspecified atom stereocenters. The number of nitrogens with zero attached hydrogens (tertiary/aromatic N) is 5. The lowest BCUT2D eigenvalue weighted by Gasteiger charge is -2.07. The second kappa shape index (κ2) is 10.1. The van der Waals surface area contributed by atoms with Crippen molar-refractivity contribution in [2.45, 2.75) is 20.4 Å². The van der Waals surface area contributed by atoms with Gasteiger partial charge >= 0.3 is 11.7 Å². The van der Waals surface area contributed by atoms with E-state index >= 15 is 0 Å². The maximum absolute atomic E-state index is 12.4. The standard InChI is InChI=1S/C21H18N6O7/c1-13-20(27(32)33)14(2)25(24-13)12-19(28)23-22-11-16-5-3-4-6-18(16)34-21(29)15-7-9-17(10-8-15)26(30)31/h3-11H,12H2,1-2H3,(H,23,28)/b22-11+. The minimum absolute atomic E-state index is 0.115. The minimum Gasteiger partial charge on any atom is -0.422 e. The Hall–Kier alpha value is -4.94. The van der Waals surface area contributed by atoms with E-state index in [0.717, 1.165) is 0 Å². The number of benzene rings is 2. The Morgan fingerprint density at radius 2 is 1.76 bits per heavy atom. The van der Waals surface area contributed by atoms with E-state index in [0.29, 0.717) is 5.56 Å². The van der Waals surface area contributed by atoms with Gasteiger partial charge in [0.2, 0.25) is 0 Å². The molecule has 1 heterocycles. The van der Waals surface area contributed by atoms with Crippen LogP contribution in [0.15, 0.2) is 53.6 Å². The molecule has 1 aromatic heterocycles. The van der Waals surface area contributed by atoms with E-state index in [-0.39, 0.29) is 40.6 Å². The number of amides is 1. The Labute approximate surface area is 192 Å². The van der Waals surface area contributed by atoms with Gasteiger partial charge < -0.3 is 4.74 Å². The van der Waals surface area contributed by atoms with Crippen LogP contribution in [0.1, 0.15) is 27.3 Å². The number of hydrogen-bond donors (Lipinski definition) is 1. The van der Waals surface area contributed by atoms with Gasteiger partial charge in [-0.25, -0.2) is 10.2 Å². The summed E-state index contributed by atoms with van der Waals surface area (Å²) < 4.78 is 6.56. The first-order chi connectivity index (χ1) is 16.2. The topological polar surface area (TPSA) is 172 Å². The summed E-state index contributed by atoms with van der Waals surface area (Å²) in [4.78, 5) is 45.2.